The van der Waals surface area contributed by atoms with Crippen LogP contribution in [0.3, 0.4) is 0 Å². The van der Waals surface area contributed by atoms with Crippen molar-refractivity contribution in [2.24, 2.45) is 0 Å². The second-order valence-electron chi connectivity index (χ2n) is 5.16. The molecule has 0 spiro atoms. The van der Waals surface area contributed by atoms with E-state index in [0.717, 1.165) is 0 Å². The van der Waals surface area contributed by atoms with Gasteiger partial charge in [-0.2, -0.15) is 4.31 Å². The molecule has 0 aromatic heterocycles. The van der Waals surface area contributed by atoms with E-state index in [9.17, 15) is 30.8 Å². The van der Waals surface area contributed by atoms with Crippen LogP contribution in [0.1, 0.15) is 5.56 Å². The van der Waals surface area contributed by atoms with E-state index in [0.29, 0.717) is 0 Å². The van der Waals surface area contributed by atoms with Gasteiger partial charge in [-0.1, -0.05) is 41.4 Å². The predicted molar refractivity (Wildman–Crippen MR) is 88.0 cm³/mol. The maximum absolute atomic E-state index is 14.1. The van der Waals surface area contributed by atoms with Gasteiger partial charge < -0.3 is 5.11 Å². The molecule has 0 aliphatic heterocycles. The molecule has 0 bridgehead atoms. The van der Waals surface area contributed by atoms with Crippen LogP contribution in [0.25, 0.3) is 0 Å². The molecule has 0 unspecified atom stereocenters. The van der Waals surface area contributed by atoms with E-state index in [2.05, 4.69) is 0 Å². The molecular weight excluding hydrogens is 437 g/mol. The number of benzene rings is 2. The van der Waals surface area contributed by atoms with E-state index < -0.39 is 62.3 Å². The summed E-state index contributed by atoms with van der Waals surface area (Å²) >= 11 is 11.3. The molecule has 0 saturated carbocycles. The Labute approximate surface area is 160 Å². The lowest BCUT2D eigenvalue weighted by molar-refractivity contribution is -0.137. The first-order valence-corrected chi connectivity index (χ1v) is 9.14. The minimum atomic E-state index is -5.19. The Morgan fingerprint density at radius 3 is 2.11 bits per heavy atom. The summed E-state index contributed by atoms with van der Waals surface area (Å²) in [5.74, 6) is -10.7. The zero-order chi connectivity index (χ0) is 20.5. The number of carbonyl (C=O) groups is 1. The van der Waals surface area contributed by atoms with Gasteiger partial charge in [-0.3, -0.25) is 4.79 Å². The largest absolute Gasteiger partial charge is 0.480 e. The summed E-state index contributed by atoms with van der Waals surface area (Å²) in [6.45, 7) is -1.88. The highest BCUT2D eigenvalue weighted by atomic mass is 35.5. The van der Waals surface area contributed by atoms with E-state index in [1.807, 2.05) is 0 Å². The van der Waals surface area contributed by atoms with Crippen molar-refractivity contribution in [3.8, 4) is 0 Å². The number of hydrogen-bond acceptors (Lipinski definition) is 3. The number of sulfonamides is 1. The van der Waals surface area contributed by atoms with E-state index in [4.69, 9.17) is 28.3 Å². The minimum absolute atomic E-state index is 0.0612. The molecule has 0 aliphatic rings. The fourth-order valence-corrected chi connectivity index (χ4v) is 4.27. The summed E-state index contributed by atoms with van der Waals surface area (Å²) in [6, 6.07) is 5.73. The normalized spacial score (nSPS) is 11.8. The molecule has 0 fully saturated rings. The molecule has 1 N–H and O–H groups in total. The number of rotatable bonds is 6. The highest BCUT2D eigenvalue weighted by molar-refractivity contribution is 7.89. The molecule has 2 rings (SSSR count). The summed E-state index contributed by atoms with van der Waals surface area (Å²) < 4.78 is 80.0. The Bertz CT molecular complexity index is 988. The van der Waals surface area contributed by atoms with Crippen LogP contribution in [0.5, 0.6) is 0 Å². The molecule has 0 saturated heterocycles. The molecule has 0 aliphatic carbocycles. The minimum Gasteiger partial charge on any atom is -0.480 e. The Balaban J connectivity index is 2.65. The molecule has 0 amide bonds. The monoisotopic (exact) mass is 445 g/mol. The highest BCUT2D eigenvalue weighted by Gasteiger charge is 2.37. The van der Waals surface area contributed by atoms with Crippen molar-refractivity contribution < 1.29 is 35.9 Å². The number of aliphatic carboxylic acids is 1. The standard InChI is InChI=1S/C15H9Cl2F4NO4S/c16-8-4-2-1-3-7(8)5-22(6-9(23)24)27(25,26)15-10(17)11(18)12(19)13(20)14(15)21/h1-4H,5-6H2,(H,23,24). The zero-order valence-electron chi connectivity index (χ0n) is 13.0. The van der Waals surface area contributed by atoms with Crippen molar-refractivity contribution in [1.29, 1.82) is 0 Å². The number of nitrogens with zero attached hydrogens (tertiary/aromatic N) is 1. The summed E-state index contributed by atoms with van der Waals surface area (Å²) in [4.78, 5) is 9.33. The lowest BCUT2D eigenvalue weighted by atomic mass is 10.2. The van der Waals surface area contributed by atoms with Crippen molar-refractivity contribution in [3.05, 3.63) is 63.1 Å². The van der Waals surface area contributed by atoms with Crippen LogP contribution in [0.2, 0.25) is 10.0 Å². The van der Waals surface area contributed by atoms with E-state index in [1.54, 1.807) is 0 Å². The number of halogens is 6. The highest BCUT2D eigenvalue weighted by Crippen LogP contribution is 2.34. The summed E-state index contributed by atoms with van der Waals surface area (Å²) in [5.41, 5.74) is 0.128. The predicted octanol–water partition coefficient (Wildman–Crippen LogP) is 3.83. The van der Waals surface area contributed by atoms with Gasteiger partial charge in [-0.25, -0.2) is 26.0 Å². The van der Waals surface area contributed by atoms with Gasteiger partial charge in [0.05, 0.1) is 0 Å². The van der Waals surface area contributed by atoms with Gasteiger partial charge in [-0.15, -0.1) is 0 Å². The van der Waals surface area contributed by atoms with Crippen LogP contribution in [0, 0.1) is 23.3 Å². The molecule has 2 aromatic carbocycles. The van der Waals surface area contributed by atoms with E-state index >= 15 is 0 Å². The molecule has 146 valence electrons. The maximum atomic E-state index is 14.1. The summed E-state index contributed by atoms with van der Waals surface area (Å²) in [7, 11) is -5.19. The van der Waals surface area contributed by atoms with Crippen LogP contribution in [-0.4, -0.2) is 30.3 Å². The SMILES string of the molecule is O=C(O)CN(Cc1ccccc1Cl)S(=O)(=O)c1c(F)c(F)c(F)c(F)c1Cl. The molecule has 12 heteroatoms. The number of carboxylic acid groups (broad SMARTS) is 1. The van der Waals surface area contributed by atoms with E-state index in [1.165, 1.54) is 24.3 Å². The van der Waals surface area contributed by atoms with Gasteiger partial charge in [-0.05, 0) is 11.6 Å². The fourth-order valence-electron chi connectivity index (χ4n) is 2.13. The van der Waals surface area contributed by atoms with Gasteiger partial charge in [0, 0.05) is 11.6 Å². The van der Waals surface area contributed by atoms with Crippen LogP contribution < -0.4 is 0 Å². The smallest absolute Gasteiger partial charge is 0.318 e. The van der Waals surface area contributed by atoms with Crippen molar-refractivity contribution in [1.82, 2.24) is 4.31 Å². The first-order chi connectivity index (χ1) is 12.5. The van der Waals surface area contributed by atoms with Crippen molar-refractivity contribution in [3.63, 3.8) is 0 Å². The van der Waals surface area contributed by atoms with Crippen LogP contribution in [0.15, 0.2) is 29.2 Å². The molecule has 5 nitrogen and oxygen atoms in total. The lowest BCUT2D eigenvalue weighted by Gasteiger charge is -2.22. The third-order valence-corrected chi connectivity index (χ3v) is 6.06. The zero-order valence-corrected chi connectivity index (χ0v) is 15.3. The average molecular weight is 446 g/mol. The van der Waals surface area contributed by atoms with Gasteiger partial charge in [0.2, 0.25) is 10.0 Å². The quantitative estimate of drug-likeness (QED) is 0.416. The van der Waals surface area contributed by atoms with Gasteiger partial charge in [0.1, 0.15) is 16.5 Å². The first kappa shape index (κ1) is 21.4. The molecule has 2 aromatic rings. The van der Waals surface area contributed by atoms with E-state index in [-0.39, 0.29) is 14.9 Å². The molecule has 0 heterocycles. The van der Waals surface area contributed by atoms with Gasteiger partial charge in [0.25, 0.3) is 0 Å². The molecule has 0 atom stereocenters. The van der Waals surface area contributed by atoms with Crippen LogP contribution >= 0.6 is 23.2 Å². The number of hydrogen-bond donors (Lipinski definition) is 1. The summed E-state index contributed by atoms with van der Waals surface area (Å²) in [6.07, 6.45) is 0. The Kier molecular flexibility index (Phi) is 6.35. The van der Waals surface area contributed by atoms with Crippen molar-refractivity contribution >= 4 is 39.2 Å². The Morgan fingerprint density at radius 1 is 1.00 bits per heavy atom. The molecular formula is C15H9Cl2F4NO4S. The van der Waals surface area contributed by atoms with Gasteiger partial charge >= 0.3 is 5.97 Å². The lowest BCUT2D eigenvalue weighted by Crippen LogP contribution is -2.36. The second kappa shape index (κ2) is 8.01. The van der Waals surface area contributed by atoms with Crippen LogP contribution in [0.4, 0.5) is 17.6 Å². The van der Waals surface area contributed by atoms with Gasteiger partial charge in [0.15, 0.2) is 23.3 Å². The average Bonchev–Trinajstić information content (AvgIpc) is 2.59. The third kappa shape index (κ3) is 4.18. The van der Waals surface area contributed by atoms with Crippen LogP contribution in [-0.2, 0) is 21.4 Å². The van der Waals surface area contributed by atoms with Crippen molar-refractivity contribution in [2.45, 2.75) is 11.4 Å². The second-order valence-corrected chi connectivity index (χ2v) is 7.82. The fraction of sp³-hybridized carbons (Fsp3) is 0.133. The Hall–Kier alpha value is -1.88. The first-order valence-electron chi connectivity index (χ1n) is 6.95. The third-order valence-electron chi connectivity index (χ3n) is 3.38. The topological polar surface area (TPSA) is 74.7 Å². The molecule has 27 heavy (non-hydrogen) atoms. The summed E-state index contributed by atoms with van der Waals surface area (Å²) in [5, 5.41) is 7.48. The maximum Gasteiger partial charge on any atom is 0.318 e. The number of carboxylic acids is 1. The Morgan fingerprint density at radius 2 is 1.56 bits per heavy atom. The molecule has 0 radical (unpaired) electrons. The van der Waals surface area contributed by atoms with Crippen molar-refractivity contribution in [2.75, 3.05) is 6.54 Å².